The number of allylic oxidation sites excluding steroid dienone is 1. The molecule has 29 heavy (non-hydrogen) atoms. The summed E-state index contributed by atoms with van der Waals surface area (Å²) in [6, 6.07) is 8.42. The second kappa shape index (κ2) is 7.20. The lowest BCUT2D eigenvalue weighted by atomic mass is 9.90. The minimum absolute atomic E-state index is 0.177. The van der Waals surface area contributed by atoms with E-state index in [0.717, 1.165) is 17.1 Å². The smallest absolute Gasteiger partial charge is 0.259 e. The number of rotatable bonds is 5. The average molecular weight is 386 g/mol. The molecule has 8 heteroatoms. The number of carbonyl (C=O) groups excluding carboxylic acids is 3. The molecule has 2 unspecified atom stereocenters. The third-order valence-electron chi connectivity index (χ3n) is 5.16. The van der Waals surface area contributed by atoms with E-state index in [4.69, 9.17) is 13.3 Å². The first-order valence-corrected chi connectivity index (χ1v) is 9.37. The van der Waals surface area contributed by atoms with Gasteiger partial charge < -0.3 is 4.90 Å². The van der Waals surface area contributed by atoms with E-state index in [1.165, 1.54) is 4.90 Å². The monoisotopic (exact) mass is 386 g/mol. The average Bonchev–Trinajstić information content (AvgIpc) is 2.96. The molecule has 2 aromatic rings. The fourth-order valence-corrected chi connectivity index (χ4v) is 3.82. The molecular weight excluding hydrogens is 367 g/mol. The Morgan fingerprint density at radius 3 is 2.79 bits per heavy atom. The van der Waals surface area contributed by atoms with Crippen molar-refractivity contribution in [3.05, 3.63) is 48.2 Å². The highest BCUT2D eigenvalue weighted by atomic mass is 16.2. The summed E-state index contributed by atoms with van der Waals surface area (Å²) in [6.45, 7) is 1.83. The van der Waals surface area contributed by atoms with Crippen molar-refractivity contribution in [2.24, 2.45) is 0 Å². The first-order chi connectivity index (χ1) is 13.9. The summed E-state index contributed by atoms with van der Waals surface area (Å²) in [5, 5.41) is 11.6. The van der Waals surface area contributed by atoms with E-state index in [1.54, 1.807) is 23.2 Å². The van der Waals surface area contributed by atoms with Crippen molar-refractivity contribution >= 4 is 54.1 Å². The summed E-state index contributed by atoms with van der Waals surface area (Å²) in [7, 11) is 5.76. The summed E-state index contributed by atoms with van der Waals surface area (Å²) in [4.78, 5) is 40.2. The maximum Gasteiger partial charge on any atom is 0.259 e. The molecule has 2 aliphatic rings. The largest absolute Gasteiger partial charge is 0.309 e. The van der Waals surface area contributed by atoms with Gasteiger partial charge in [0.25, 0.3) is 5.91 Å². The summed E-state index contributed by atoms with van der Waals surface area (Å²) in [6.07, 6.45) is 5.07. The first-order valence-electron chi connectivity index (χ1n) is 9.37. The van der Waals surface area contributed by atoms with Crippen molar-refractivity contribution in [3.63, 3.8) is 0 Å². The quantitative estimate of drug-likeness (QED) is 0.357. The maximum atomic E-state index is 13.3. The van der Waals surface area contributed by atoms with Gasteiger partial charge in [-0.2, -0.15) is 0 Å². The standard InChI is InChI=1S/C21H19BN4O3/c1-12(22)7-8-25(11-23)14-9-13-3-2-4-16-19(13)15(10-14)21(29)26(16)17-5-6-18(27)24-20(17)28/h2-4,7-12,17,23H,5-6H2,1H3,(H,24,27,28)/b8-7-,23-11?. The molecule has 0 saturated carbocycles. The Labute approximate surface area is 169 Å². The van der Waals surface area contributed by atoms with E-state index in [9.17, 15) is 14.4 Å². The van der Waals surface area contributed by atoms with Gasteiger partial charge in [0.15, 0.2) is 0 Å². The highest BCUT2D eigenvalue weighted by molar-refractivity contribution is 6.27. The topological polar surface area (TPSA) is 93.6 Å². The van der Waals surface area contributed by atoms with Crippen molar-refractivity contribution < 1.29 is 14.4 Å². The molecule has 144 valence electrons. The number of piperidine rings is 1. The van der Waals surface area contributed by atoms with Gasteiger partial charge in [-0.05, 0) is 30.0 Å². The lowest BCUT2D eigenvalue weighted by Crippen LogP contribution is -2.53. The van der Waals surface area contributed by atoms with Gasteiger partial charge in [-0.3, -0.25) is 30.0 Å². The van der Waals surface area contributed by atoms with E-state index in [2.05, 4.69) is 5.32 Å². The van der Waals surface area contributed by atoms with Gasteiger partial charge in [0.05, 0.1) is 25.4 Å². The third kappa shape index (κ3) is 3.20. The molecule has 1 saturated heterocycles. The molecule has 4 rings (SSSR count). The molecule has 2 radical (unpaired) electrons. The highest BCUT2D eigenvalue weighted by Gasteiger charge is 2.40. The Bertz CT molecular complexity index is 1080. The fraction of sp³-hybridized carbons (Fsp3) is 0.238. The van der Waals surface area contributed by atoms with Crippen molar-refractivity contribution in [3.8, 4) is 0 Å². The molecule has 1 fully saturated rings. The number of nitrogens with one attached hydrogen (secondary N) is 2. The van der Waals surface area contributed by atoms with Crippen LogP contribution < -0.4 is 15.1 Å². The number of nitrogens with zero attached hydrogens (tertiary/aromatic N) is 2. The molecule has 2 atom stereocenters. The molecule has 2 aromatic carbocycles. The van der Waals surface area contributed by atoms with Crippen LogP contribution in [0.2, 0.25) is 5.82 Å². The zero-order chi connectivity index (χ0) is 20.7. The lowest BCUT2D eigenvalue weighted by Gasteiger charge is -2.30. The van der Waals surface area contributed by atoms with Crippen LogP contribution in [0, 0.1) is 5.41 Å². The zero-order valence-electron chi connectivity index (χ0n) is 15.9. The Morgan fingerprint density at radius 2 is 2.10 bits per heavy atom. The number of imide groups is 1. The fourth-order valence-electron chi connectivity index (χ4n) is 3.82. The van der Waals surface area contributed by atoms with Gasteiger partial charge in [-0.25, -0.2) is 0 Å². The van der Waals surface area contributed by atoms with Gasteiger partial charge in [-0.15, -0.1) is 0 Å². The second-order valence-corrected chi connectivity index (χ2v) is 7.25. The molecule has 7 nitrogen and oxygen atoms in total. The molecule has 3 amide bonds. The van der Waals surface area contributed by atoms with Crippen LogP contribution in [0.5, 0.6) is 0 Å². The SMILES string of the molecule is [B]C(C)/C=C\N(C=N)c1cc2c3c(cccc3c1)N(C1CCC(=O)NC1=O)C2=O. The van der Waals surface area contributed by atoms with Crippen LogP contribution >= 0.6 is 0 Å². The van der Waals surface area contributed by atoms with Crippen molar-refractivity contribution in [1.82, 2.24) is 5.32 Å². The number of hydrogen-bond donors (Lipinski definition) is 2. The summed E-state index contributed by atoms with van der Waals surface area (Å²) in [5.74, 6) is -1.24. The van der Waals surface area contributed by atoms with Crippen LogP contribution in [0.4, 0.5) is 11.4 Å². The number of anilines is 2. The van der Waals surface area contributed by atoms with Crippen LogP contribution in [-0.4, -0.2) is 37.9 Å². The molecular formula is C21H19BN4O3. The van der Waals surface area contributed by atoms with Gasteiger partial charge in [-0.1, -0.05) is 30.9 Å². The minimum atomic E-state index is -0.724. The minimum Gasteiger partial charge on any atom is -0.309 e. The number of amides is 3. The summed E-state index contributed by atoms with van der Waals surface area (Å²) < 4.78 is 0. The second-order valence-electron chi connectivity index (χ2n) is 7.25. The van der Waals surface area contributed by atoms with Crippen molar-refractivity contribution in [1.29, 1.82) is 5.41 Å². The molecule has 0 aliphatic carbocycles. The number of benzene rings is 2. The third-order valence-corrected chi connectivity index (χ3v) is 5.16. The van der Waals surface area contributed by atoms with E-state index in [1.807, 2.05) is 31.2 Å². The van der Waals surface area contributed by atoms with Crippen molar-refractivity contribution in [2.75, 3.05) is 9.80 Å². The molecule has 2 N–H and O–H groups in total. The van der Waals surface area contributed by atoms with E-state index < -0.39 is 11.9 Å². The van der Waals surface area contributed by atoms with Crippen LogP contribution in [0.3, 0.4) is 0 Å². The van der Waals surface area contributed by atoms with Gasteiger partial charge in [0.2, 0.25) is 11.8 Å². The Kier molecular flexibility index (Phi) is 4.70. The van der Waals surface area contributed by atoms with Gasteiger partial charge in [0, 0.05) is 23.7 Å². The van der Waals surface area contributed by atoms with Crippen LogP contribution in [-0.2, 0) is 9.59 Å². The van der Waals surface area contributed by atoms with E-state index in [-0.39, 0.29) is 30.5 Å². The molecule has 2 aliphatic heterocycles. The first kappa shape index (κ1) is 18.9. The normalized spacial score (nSPS) is 19.7. The Hall–Kier alpha value is -3.42. The molecule has 0 aromatic heterocycles. The predicted octanol–water partition coefficient (Wildman–Crippen LogP) is 2.51. The lowest BCUT2D eigenvalue weighted by molar-refractivity contribution is -0.134. The van der Waals surface area contributed by atoms with Gasteiger partial charge >= 0.3 is 0 Å². The van der Waals surface area contributed by atoms with E-state index >= 15 is 0 Å². The summed E-state index contributed by atoms with van der Waals surface area (Å²) in [5.41, 5.74) is 1.78. The highest BCUT2D eigenvalue weighted by Crippen LogP contribution is 2.41. The predicted molar refractivity (Wildman–Crippen MR) is 113 cm³/mol. The summed E-state index contributed by atoms with van der Waals surface area (Å²) >= 11 is 0. The number of hydrogen-bond acceptors (Lipinski definition) is 4. The van der Waals surface area contributed by atoms with Gasteiger partial charge in [0.1, 0.15) is 6.04 Å². The number of carbonyl (C=O) groups is 3. The van der Waals surface area contributed by atoms with Crippen LogP contribution in [0.15, 0.2) is 42.6 Å². The van der Waals surface area contributed by atoms with E-state index in [0.29, 0.717) is 16.9 Å². The van der Waals surface area contributed by atoms with Crippen LogP contribution in [0.25, 0.3) is 10.8 Å². The maximum absolute atomic E-state index is 13.3. The zero-order valence-corrected chi connectivity index (χ0v) is 15.9. The molecule has 0 spiro atoms. The Balaban J connectivity index is 1.79. The molecule has 0 bridgehead atoms. The van der Waals surface area contributed by atoms with Crippen molar-refractivity contribution in [2.45, 2.75) is 31.6 Å². The Morgan fingerprint density at radius 1 is 1.31 bits per heavy atom. The van der Waals surface area contributed by atoms with Crippen LogP contribution in [0.1, 0.15) is 30.1 Å². The molecule has 2 heterocycles.